The fourth-order valence-corrected chi connectivity index (χ4v) is 0. The summed E-state index contributed by atoms with van der Waals surface area (Å²) in [4.78, 5) is 9.36. The molecule has 0 bridgehead atoms. The number of carbonyl (C=O) groups excluding carboxylic acids is 1. The lowest BCUT2D eigenvalue weighted by Crippen LogP contribution is -1.92. The summed E-state index contributed by atoms with van der Waals surface area (Å²) in [7, 11) is 0. The van der Waals surface area contributed by atoms with Crippen molar-refractivity contribution in [2.75, 3.05) is 0 Å². The Balaban J connectivity index is 3.26. The van der Waals surface area contributed by atoms with E-state index in [1.54, 1.807) is 0 Å². The van der Waals surface area contributed by atoms with Crippen LogP contribution in [-0.4, -0.2) is 5.78 Å². The first-order chi connectivity index (χ1) is 2.64. The molecule has 0 unspecified atom stereocenters. The highest BCUT2D eigenvalue weighted by molar-refractivity contribution is 5.85. The number of hydrogen-bond donors (Lipinski definition) is 0. The molecule has 3 heteroatoms. The van der Waals surface area contributed by atoms with E-state index in [1.807, 2.05) is 0 Å². The van der Waals surface area contributed by atoms with E-state index in [4.69, 9.17) is 0 Å². The fraction of sp³-hybridized carbons (Fsp3) is 0.333. The van der Waals surface area contributed by atoms with Gasteiger partial charge in [0.2, 0.25) is 5.78 Å². The van der Waals surface area contributed by atoms with Crippen LogP contribution >= 0.6 is 0 Å². The molecule has 0 heterocycles. The number of halogens is 2. The van der Waals surface area contributed by atoms with Crippen LogP contribution in [0.25, 0.3) is 0 Å². The Morgan fingerprint density at radius 2 is 1.67 bits per heavy atom. The van der Waals surface area contributed by atoms with Gasteiger partial charge in [-0.15, -0.1) is 0 Å². The number of hydrogen-bond acceptors (Lipinski definition) is 1. The van der Waals surface area contributed by atoms with Gasteiger partial charge in [0, 0.05) is 6.92 Å². The minimum absolute atomic E-state index is 0.815. The molecule has 0 rings (SSSR count). The van der Waals surface area contributed by atoms with Crippen molar-refractivity contribution in [1.82, 2.24) is 0 Å². The molecule has 6 heavy (non-hydrogen) atoms. The maximum absolute atomic E-state index is 10.7. The molecule has 1 radical (unpaired) electrons. The Hall–Kier alpha value is -0.470. The lowest BCUT2D eigenvalue weighted by atomic mass is 10.5. The lowest BCUT2D eigenvalue weighted by molar-refractivity contribution is -0.120. The molecule has 0 aliphatic heterocycles. The quantitative estimate of drug-likeness (QED) is 0.472. The number of Topliss-reactive ketones (excluding diaryl/α,β-unsaturated/α-hetero) is 1. The molecule has 0 atom stereocenters. The number of carbonyl (C=O) groups is 1. The molecule has 0 saturated heterocycles. The van der Waals surface area contributed by atoms with E-state index in [0.29, 0.717) is 0 Å². The van der Waals surface area contributed by atoms with E-state index in [0.717, 1.165) is 6.92 Å². The SMILES string of the molecule is CC(=O)[C](F)F. The first-order valence-electron chi connectivity index (χ1n) is 1.33. The van der Waals surface area contributed by atoms with Gasteiger partial charge in [-0.25, -0.2) is 0 Å². The van der Waals surface area contributed by atoms with E-state index in [2.05, 4.69) is 0 Å². The third-order valence-corrected chi connectivity index (χ3v) is 0.266. The summed E-state index contributed by atoms with van der Waals surface area (Å²) in [6.45, 7) is 0.815. The molecule has 0 aliphatic rings. The molecule has 0 fully saturated rings. The highest BCUT2D eigenvalue weighted by Gasteiger charge is 2.09. The molecule has 35 valence electrons. The Kier molecular flexibility index (Phi) is 1.70. The minimum atomic E-state index is -2.13. The zero-order valence-electron chi connectivity index (χ0n) is 3.16. The topological polar surface area (TPSA) is 17.1 Å². The molecule has 0 aromatic heterocycles. The van der Waals surface area contributed by atoms with Crippen LogP contribution in [0.5, 0.6) is 0 Å². The van der Waals surface area contributed by atoms with Gasteiger partial charge in [0.25, 0.3) is 0 Å². The minimum Gasteiger partial charge on any atom is -0.293 e. The van der Waals surface area contributed by atoms with Gasteiger partial charge in [0.1, 0.15) is 0 Å². The zero-order chi connectivity index (χ0) is 5.15. The maximum atomic E-state index is 10.7. The maximum Gasteiger partial charge on any atom is 0.374 e. The van der Waals surface area contributed by atoms with E-state index in [9.17, 15) is 13.6 Å². The van der Waals surface area contributed by atoms with Gasteiger partial charge in [-0.2, -0.15) is 8.78 Å². The third-order valence-electron chi connectivity index (χ3n) is 0.266. The van der Waals surface area contributed by atoms with Gasteiger partial charge in [-0.3, -0.25) is 4.79 Å². The fourth-order valence-electron chi connectivity index (χ4n) is 0. The number of rotatable bonds is 1. The first kappa shape index (κ1) is 5.53. The van der Waals surface area contributed by atoms with Gasteiger partial charge < -0.3 is 0 Å². The van der Waals surface area contributed by atoms with E-state index < -0.39 is 12.2 Å². The van der Waals surface area contributed by atoms with Gasteiger partial charge >= 0.3 is 6.43 Å². The predicted octanol–water partition coefficient (Wildman–Crippen LogP) is 1.00. The smallest absolute Gasteiger partial charge is 0.293 e. The largest absolute Gasteiger partial charge is 0.374 e. The molecule has 0 saturated carbocycles. The highest BCUT2D eigenvalue weighted by Crippen LogP contribution is 2.01. The van der Waals surface area contributed by atoms with Gasteiger partial charge in [0.15, 0.2) is 0 Å². The summed E-state index contributed by atoms with van der Waals surface area (Å²) in [6, 6.07) is 0. The van der Waals surface area contributed by atoms with Crippen LogP contribution in [0.2, 0.25) is 0 Å². The van der Waals surface area contributed by atoms with E-state index >= 15 is 0 Å². The van der Waals surface area contributed by atoms with E-state index in [1.165, 1.54) is 0 Å². The first-order valence-corrected chi connectivity index (χ1v) is 1.33. The zero-order valence-corrected chi connectivity index (χ0v) is 3.16. The Morgan fingerprint density at radius 3 is 1.67 bits per heavy atom. The van der Waals surface area contributed by atoms with Gasteiger partial charge in [-0.05, 0) is 0 Å². The van der Waals surface area contributed by atoms with Crippen LogP contribution in [0.15, 0.2) is 0 Å². The molecule has 0 aromatic rings. The number of ketones is 1. The van der Waals surface area contributed by atoms with Crippen LogP contribution in [0.4, 0.5) is 8.78 Å². The van der Waals surface area contributed by atoms with Crippen LogP contribution in [-0.2, 0) is 4.79 Å². The van der Waals surface area contributed by atoms with Crippen molar-refractivity contribution in [2.24, 2.45) is 0 Å². The van der Waals surface area contributed by atoms with E-state index in [-0.39, 0.29) is 0 Å². The molecular weight excluding hydrogens is 90.0 g/mol. The summed E-state index contributed by atoms with van der Waals surface area (Å²) in [6.07, 6.45) is -2.13. The normalized spacial score (nSPS) is 9.33. The highest BCUT2D eigenvalue weighted by atomic mass is 19.3. The lowest BCUT2D eigenvalue weighted by Gasteiger charge is -1.79. The second kappa shape index (κ2) is 1.85. The van der Waals surface area contributed by atoms with Crippen LogP contribution < -0.4 is 0 Å². The van der Waals surface area contributed by atoms with Crippen molar-refractivity contribution in [3.05, 3.63) is 6.43 Å². The summed E-state index contributed by atoms with van der Waals surface area (Å²) in [5, 5.41) is 0. The van der Waals surface area contributed by atoms with Gasteiger partial charge in [-0.1, -0.05) is 0 Å². The van der Waals surface area contributed by atoms with Crippen LogP contribution in [0.3, 0.4) is 0 Å². The second-order valence-electron chi connectivity index (χ2n) is 0.817. The molecule has 0 N–H and O–H groups in total. The van der Waals surface area contributed by atoms with Crippen molar-refractivity contribution in [1.29, 1.82) is 0 Å². The average molecular weight is 93.1 g/mol. The summed E-state index contributed by atoms with van der Waals surface area (Å²) >= 11 is 0. The van der Waals surface area contributed by atoms with Gasteiger partial charge in [0.05, 0.1) is 0 Å². The van der Waals surface area contributed by atoms with Crippen molar-refractivity contribution in [3.63, 3.8) is 0 Å². The molecule has 1 nitrogen and oxygen atoms in total. The molecule has 0 aromatic carbocycles. The summed E-state index contributed by atoms with van der Waals surface area (Å²) in [5.74, 6) is -1.16. The molecule has 0 spiro atoms. The summed E-state index contributed by atoms with van der Waals surface area (Å²) in [5.41, 5.74) is 0. The van der Waals surface area contributed by atoms with Crippen molar-refractivity contribution in [2.45, 2.75) is 6.92 Å². The van der Waals surface area contributed by atoms with Crippen molar-refractivity contribution < 1.29 is 13.6 Å². The Bertz CT molecular complexity index is 59.8. The standard InChI is InChI=1S/C3H3F2O/c1-2(6)3(4)5/h1H3. The third kappa shape index (κ3) is 1.81. The Labute approximate surface area is 34.0 Å². The van der Waals surface area contributed by atoms with Crippen molar-refractivity contribution in [3.8, 4) is 0 Å². The average Bonchev–Trinajstić information content (AvgIpc) is 1.36. The monoisotopic (exact) mass is 93.0 g/mol. The molecule has 0 amide bonds. The van der Waals surface area contributed by atoms with Crippen molar-refractivity contribution >= 4 is 5.78 Å². The second-order valence-corrected chi connectivity index (χ2v) is 0.817. The van der Waals surface area contributed by atoms with Crippen LogP contribution in [0.1, 0.15) is 6.92 Å². The molecular formula is C3H3F2O. The van der Waals surface area contributed by atoms with Crippen LogP contribution in [0, 0.1) is 6.43 Å². The summed E-state index contributed by atoms with van der Waals surface area (Å²) < 4.78 is 21.4. The predicted molar refractivity (Wildman–Crippen MR) is 16.1 cm³/mol. The Morgan fingerprint density at radius 1 is 1.50 bits per heavy atom. The molecule has 0 aliphatic carbocycles.